The first-order chi connectivity index (χ1) is 12.5. The second-order valence-corrected chi connectivity index (χ2v) is 8.07. The van der Waals surface area contributed by atoms with Crippen LogP contribution < -0.4 is 10.7 Å². The zero-order valence-corrected chi connectivity index (χ0v) is 17.4. The van der Waals surface area contributed by atoms with Gasteiger partial charge in [0.2, 0.25) is 0 Å². The number of rotatable bonds is 3. The van der Waals surface area contributed by atoms with Gasteiger partial charge in [0.05, 0.1) is 6.21 Å². The van der Waals surface area contributed by atoms with Gasteiger partial charge in [-0.1, -0.05) is 23.2 Å². The molecule has 0 radical (unpaired) electrons. The van der Waals surface area contributed by atoms with Crippen molar-refractivity contribution in [3.63, 3.8) is 0 Å². The van der Waals surface area contributed by atoms with Crippen molar-refractivity contribution in [1.82, 2.24) is 15.3 Å². The number of nitrogens with zero attached hydrogens (tertiary/aromatic N) is 2. The van der Waals surface area contributed by atoms with E-state index in [0.717, 1.165) is 22.6 Å². The maximum atomic E-state index is 11.8. The number of amides is 2. The molecule has 0 aliphatic heterocycles. The Labute approximate surface area is 168 Å². The van der Waals surface area contributed by atoms with E-state index in [1.54, 1.807) is 26.8 Å². The molecule has 0 bridgehead atoms. The van der Waals surface area contributed by atoms with Gasteiger partial charge >= 0.3 is 11.8 Å². The van der Waals surface area contributed by atoms with Gasteiger partial charge in [0.15, 0.2) is 0 Å². The van der Waals surface area contributed by atoms with E-state index < -0.39 is 17.4 Å². The second kappa shape index (κ2) is 8.15. The Balaban J connectivity index is 2.18. The number of benzene rings is 1. The number of hydrogen-bond donors (Lipinski definition) is 2. The summed E-state index contributed by atoms with van der Waals surface area (Å²) in [6.45, 7) is 9.22. The lowest BCUT2D eigenvalue weighted by atomic mass is 10.1. The number of hydrogen-bond acceptors (Lipinski definition) is 3. The molecule has 2 aromatic rings. The van der Waals surface area contributed by atoms with Crippen molar-refractivity contribution in [1.29, 1.82) is 0 Å². The molecule has 2 N–H and O–H groups in total. The van der Waals surface area contributed by atoms with Crippen LogP contribution in [0, 0.1) is 13.8 Å². The van der Waals surface area contributed by atoms with Crippen LogP contribution in [0.5, 0.6) is 0 Å². The van der Waals surface area contributed by atoms with Crippen molar-refractivity contribution in [3.05, 3.63) is 51.3 Å². The highest BCUT2D eigenvalue weighted by Crippen LogP contribution is 2.25. The number of carbonyl (C=O) groups excluding carboxylic acids is 2. The number of aromatic nitrogens is 1. The Morgan fingerprint density at radius 1 is 1.04 bits per heavy atom. The monoisotopic (exact) mass is 408 g/mol. The molecule has 0 unspecified atom stereocenters. The van der Waals surface area contributed by atoms with E-state index in [1.807, 2.05) is 36.6 Å². The van der Waals surface area contributed by atoms with E-state index in [-0.39, 0.29) is 0 Å². The minimum atomic E-state index is -0.823. The summed E-state index contributed by atoms with van der Waals surface area (Å²) in [7, 11) is 0. The van der Waals surface area contributed by atoms with Crippen molar-refractivity contribution < 1.29 is 9.59 Å². The van der Waals surface area contributed by atoms with Crippen LogP contribution in [0.1, 0.15) is 37.7 Å². The third kappa shape index (κ3) is 5.58. The van der Waals surface area contributed by atoms with E-state index in [1.165, 1.54) is 6.21 Å². The minimum Gasteiger partial charge on any atom is -0.343 e. The van der Waals surface area contributed by atoms with Crippen LogP contribution in [0.3, 0.4) is 0 Å². The van der Waals surface area contributed by atoms with Crippen molar-refractivity contribution >= 4 is 41.2 Å². The third-order valence-corrected chi connectivity index (χ3v) is 4.08. The summed E-state index contributed by atoms with van der Waals surface area (Å²) in [6.07, 6.45) is 1.49. The summed E-state index contributed by atoms with van der Waals surface area (Å²) >= 11 is 12.2. The Hall–Kier alpha value is -2.31. The third-order valence-electron chi connectivity index (χ3n) is 3.64. The molecule has 2 rings (SSSR count). The van der Waals surface area contributed by atoms with Gasteiger partial charge in [0.1, 0.15) is 0 Å². The van der Waals surface area contributed by atoms with Crippen LogP contribution in [0.2, 0.25) is 10.0 Å². The molecule has 0 spiro atoms. The van der Waals surface area contributed by atoms with Gasteiger partial charge in [-0.3, -0.25) is 9.59 Å². The number of hydrazone groups is 1. The molecule has 144 valence electrons. The van der Waals surface area contributed by atoms with E-state index in [9.17, 15) is 9.59 Å². The van der Waals surface area contributed by atoms with Crippen LogP contribution in [0.25, 0.3) is 5.69 Å². The van der Waals surface area contributed by atoms with E-state index >= 15 is 0 Å². The molecule has 0 saturated heterocycles. The average molecular weight is 409 g/mol. The first-order valence-corrected chi connectivity index (χ1v) is 9.04. The van der Waals surface area contributed by atoms with E-state index in [2.05, 4.69) is 15.8 Å². The Morgan fingerprint density at radius 3 is 2.19 bits per heavy atom. The van der Waals surface area contributed by atoms with Crippen molar-refractivity contribution in [3.8, 4) is 5.69 Å². The van der Waals surface area contributed by atoms with Gasteiger partial charge < -0.3 is 9.88 Å². The van der Waals surface area contributed by atoms with E-state index in [4.69, 9.17) is 23.2 Å². The Bertz CT molecular complexity index is 891. The smallest absolute Gasteiger partial charge is 0.329 e. The lowest BCUT2D eigenvalue weighted by Gasteiger charge is -2.19. The SMILES string of the molecule is Cc1cc(/C=N\NC(=O)C(=O)NC(C)(C)C)c(C)n1-c1cc(Cl)cc(Cl)c1. The topological polar surface area (TPSA) is 75.5 Å². The van der Waals surface area contributed by atoms with Crippen LogP contribution in [0.15, 0.2) is 29.4 Å². The van der Waals surface area contributed by atoms with Crippen LogP contribution in [-0.4, -0.2) is 28.1 Å². The van der Waals surface area contributed by atoms with Crippen molar-refractivity contribution in [2.75, 3.05) is 0 Å². The van der Waals surface area contributed by atoms with E-state index in [0.29, 0.717) is 10.0 Å². The standard InChI is InChI=1S/C19H22Cl2N4O2/c1-11-6-13(10-22-24-18(27)17(26)23-19(3,4)5)12(2)25(11)16-8-14(20)7-15(21)9-16/h6-10H,1-5H3,(H,23,26)(H,24,27)/b22-10-. The molecular formula is C19H22Cl2N4O2. The zero-order valence-electron chi connectivity index (χ0n) is 15.9. The average Bonchev–Trinajstić information content (AvgIpc) is 2.78. The molecule has 6 nitrogen and oxygen atoms in total. The predicted octanol–water partition coefficient (Wildman–Crippen LogP) is 3.77. The quantitative estimate of drug-likeness (QED) is 0.460. The maximum absolute atomic E-state index is 11.8. The first kappa shape index (κ1) is 21.0. The molecule has 0 saturated carbocycles. The molecule has 0 aliphatic carbocycles. The number of halogens is 2. The lowest BCUT2D eigenvalue weighted by Crippen LogP contribution is -2.47. The van der Waals surface area contributed by atoms with Gasteiger partial charge in [-0.25, -0.2) is 5.43 Å². The van der Waals surface area contributed by atoms with Crippen LogP contribution in [-0.2, 0) is 9.59 Å². The largest absolute Gasteiger partial charge is 0.343 e. The molecule has 1 aromatic heterocycles. The predicted molar refractivity (Wildman–Crippen MR) is 109 cm³/mol. The highest BCUT2D eigenvalue weighted by Gasteiger charge is 2.19. The Kier molecular flexibility index (Phi) is 6.34. The van der Waals surface area contributed by atoms with Gasteiger partial charge in [-0.15, -0.1) is 0 Å². The normalized spacial score (nSPS) is 11.7. The van der Waals surface area contributed by atoms with Gasteiger partial charge in [-0.2, -0.15) is 5.10 Å². The summed E-state index contributed by atoms with van der Waals surface area (Å²) in [5, 5.41) is 7.53. The molecular weight excluding hydrogens is 387 g/mol. The first-order valence-electron chi connectivity index (χ1n) is 8.29. The highest BCUT2D eigenvalue weighted by atomic mass is 35.5. The number of aryl methyl sites for hydroxylation is 1. The second-order valence-electron chi connectivity index (χ2n) is 7.19. The fraction of sp³-hybridized carbons (Fsp3) is 0.316. The van der Waals surface area contributed by atoms with Crippen molar-refractivity contribution in [2.45, 2.75) is 40.2 Å². The zero-order chi connectivity index (χ0) is 20.4. The minimum absolute atomic E-state index is 0.499. The number of carbonyl (C=O) groups is 2. The van der Waals surface area contributed by atoms with Gasteiger partial charge in [-0.05, 0) is 58.9 Å². The maximum Gasteiger partial charge on any atom is 0.329 e. The summed E-state index contributed by atoms with van der Waals surface area (Å²) in [5.74, 6) is -1.56. The molecule has 0 fully saturated rings. The molecule has 2 amide bonds. The molecule has 8 heteroatoms. The van der Waals surface area contributed by atoms with Crippen LogP contribution >= 0.6 is 23.2 Å². The summed E-state index contributed by atoms with van der Waals surface area (Å²) in [6, 6.07) is 7.20. The fourth-order valence-electron chi connectivity index (χ4n) is 2.59. The number of nitrogens with one attached hydrogen (secondary N) is 2. The molecule has 0 atom stereocenters. The lowest BCUT2D eigenvalue weighted by molar-refractivity contribution is -0.140. The summed E-state index contributed by atoms with van der Waals surface area (Å²) < 4.78 is 1.98. The fourth-order valence-corrected chi connectivity index (χ4v) is 3.11. The van der Waals surface area contributed by atoms with Gasteiger partial charge in [0, 0.05) is 38.2 Å². The van der Waals surface area contributed by atoms with Crippen LogP contribution in [0.4, 0.5) is 0 Å². The molecule has 0 aliphatic rings. The van der Waals surface area contributed by atoms with Gasteiger partial charge in [0.25, 0.3) is 0 Å². The molecule has 27 heavy (non-hydrogen) atoms. The Morgan fingerprint density at radius 2 is 1.63 bits per heavy atom. The highest BCUT2D eigenvalue weighted by molar-refractivity contribution is 6.35. The molecule has 1 aromatic carbocycles. The summed E-state index contributed by atoms with van der Waals surface area (Å²) in [4.78, 5) is 23.5. The summed E-state index contributed by atoms with van der Waals surface area (Å²) in [5.41, 5.74) is 5.20. The van der Waals surface area contributed by atoms with Crippen molar-refractivity contribution in [2.24, 2.45) is 5.10 Å². The molecule has 1 heterocycles.